The molecule has 1 aliphatic carbocycles. The lowest BCUT2D eigenvalue weighted by atomic mass is 9.76. The Kier molecular flexibility index (Phi) is 5.43. The van der Waals surface area contributed by atoms with E-state index in [9.17, 15) is 5.11 Å². The molecule has 1 fully saturated rings. The molecule has 1 aromatic carbocycles. The largest absolute Gasteiger partial charge is 0.392 e. The van der Waals surface area contributed by atoms with Gasteiger partial charge in [0.1, 0.15) is 0 Å². The molecule has 19 heavy (non-hydrogen) atoms. The molecule has 1 atom stereocenters. The van der Waals surface area contributed by atoms with Crippen LogP contribution in [0, 0.1) is 5.92 Å². The lowest BCUT2D eigenvalue weighted by Gasteiger charge is -2.37. The van der Waals surface area contributed by atoms with Crippen molar-refractivity contribution in [2.75, 3.05) is 6.54 Å². The van der Waals surface area contributed by atoms with Crippen LogP contribution in [-0.4, -0.2) is 23.8 Å². The lowest BCUT2D eigenvalue weighted by Crippen LogP contribution is -2.43. The summed E-state index contributed by atoms with van der Waals surface area (Å²) in [6, 6.07) is 9.22. The Hall–Kier alpha value is -0.380. The van der Waals surface area contributed by atoms with Crippen molar-refractivity contribution in [1.82, 2.24) is 5.32 Å². The van der Waals surface area contributed by atoms with Crippen molar-refractivity contribution in [1.29, 1.82) is 0 Å². The summed E-state index contributed by atoms with van der Waals surface area (Å²) in [7, 11) is 0. The highest BCUT2D eigenvalue weighted by Gasteiger charge is 2.30. The molecular weight excluding hydrogens is 302 g/mol. The molecule has 0 bridgehead atoms. The van der Waals surface area contributed by atoms with Crippen molar-refractivity contribution in [3.8, 4) is 0 Å². The first kappa shape index (κ1) is 15.0. The standard InChI is InChI=1S/C16H24BrNO/c1-11(2)7-16(19)10-18-15-8-13(9-15)12-3-5-14(17)6-4-12/h3-6,11,13,15-16,18-19H,7-10H2,1-2H3. The Morgan fingerprint density at radius 3 is 2.47 bits per heavy atom. The number of hydrogen-bond donors (Lipinski definition) is 2. The Bertz CT molecular complexity index is 384. The third-order valence-electron chi connectivity index (χ3n) is 3.87. The molecule has 0 radical (unpaired) electrons. The maximum absolute atomic E-state index is 9.83. The highest BCUT2D eigenvalue weighted by molar-refractivity contribution is 9.10. The predicted octanol–water partition coefficient (Wildman–Crippen LogP) is 3.69. The van der Waals surface area contributed by atoms with Gasteiger partial charge in [-0.15, -0.1) is 0 Å². The lowest BCUT2D eigenvalue weighted by molar-refractivity contribution is 0.133. The first-order valence-electron chi connectivity index (χ1n) is 7.21. The van der Waals surface area contributed by atoms with Gasteiger partial charge in [0.25, 0.3) is 0 Å². The molecule has 2 rings (SSSR count). The molecule has 3 heteroatoms. The highest BCUT2D eigenvalue weighted by Crippen LogP contribution is 2.37. The summed E-state index contributed by atoms with van der Waals surface area (Å²) in [6.45, 7) is 5.03. The Morgan fingerprint density at radius 1 is 1.26 bits per heavy atom. The fourth-order valence-corrected chi connectivity index (χ4v) is 2.99. The summed E-state index contributed by atoms with van der Waals surface area (Å²) in [4.78, 5) is 0. The van der Waals surface area contributed by atoms with E-state index in [-0.39, 0.29) is 6.10 Å². The van der Waals surface area contributed by atoms with Gasteiger partial charge in [-0.2, -0.15) is 0 Å². The SMILES string of the molecule is CC(C)CC(O)CNC1CC(c2ccc(Br)cc2)C1. The van der Waals surface area contributed by atoms with Crippen molar-refractivity contribution >= 4 is 15.9 Å². The maximum Gasteiger partial charge on any atom is 0.0667 e. The fraction of sp³-hybridized carbons (Fsp3) is 0.625. The van der Waals surface area contributed by atoms with Crippen molar-refractivity contribution in [2.24, 2.45) is 5.92 Å². The van der Waals surface area contributed by atoms with Crippen LogP contribution in [0.5, 0.6) is 0 Å². The van der Waals surface area contributed by atoms with Gasteiger partial charge >= 0.3 is 0 Å². The Morgan fingerprint density at radius 2 is 1.89 bits per heavy atom. The molecule has 0 heterocycles. The van der Waals surface area contributed by atoms with Gasteiger partial charge in [-0.25, -0.2) is 0 Å². The van der Waals surface area contributed by atoms with E-state index in [4.69, 9.17) is 0 Å². The summed E-state index contributed by atoms with van der Waals surface area (Å²) < 4.78 is 1.14. The molecule has 1 unspecified atom stereocenters. The molecule has 2 nitrogen and oxygen atoms in total. The third-order valence-corrected chi connectivity index (χ3v) is 4.39. The van der Waals surface area contributed by atoms with E-state index in [1.54, 1.807) is 0 Å². The molecule has 0 spiro atoms. The van der Waals surface area contributed by atoms with Crippen LogP contribution in [-0.2, 0) is 0 Å². The first-order valence-corrected chi connectivity index (χ1v) is 8.00. The van der Waals surface area contributed by atoms with Gasteiger partial charge in [-0.05, 0) is 48.8 Å². The number of aliphatic hydroxyl groups excluding tert-OH is 1. The number of hydrogen-bond acceptors (Lipinski definition) is 2. The van der Waals surface area contributed by atoms with Crippen LogP contribution < -0.4 is 5.32 Å². The second-order valence-electron chi connectivity index (χ2n) is 6.11. The molecule has 2 N–H and O–H groups in total. The van der Waals surface area contributed by atoms with Crippen molar-refractivity contribution in [2.45, 2.75) is 51.2 Å². The molecule has 0 amide bonds. The van der Waals surface area contributed by atoms with Gasteiger partial charge in [0.15, 0.2) is 0 Å². The first-order chi connectivity index (χ1) is 9.04. The monoisotopic (exact) mass is 325 g/mol. The Balaban J connectivity index is 1.67. The number of aliphatic hydroxyl groups is 1. The smallest absolute Gasteiger partial charge is 0.0667 e. The van der Waals surface area contributed by atoms with Crippen LogP contribution in [0.3, 0.4) is 0 Å². The van der Waals surface area contributed by atoms with Crippen LogP contribution in [0.1, 0.15) is 44.6 Å². The molecule has 1 aromatic rings. The maximum atomic E-state index is 9.83. The summed E-state index contributed by atoms with van der Waals surface area (Å²) in [5, 5.41) is 13.3. The van der Waals surface area contributed by atoms with E-state index in [1.807, 2.05) is 0 Å². The second-order valence-corrected chi connectivity index (χ2v) is 7.02. The predicted molar refractivity (Wildman–Crippen MR) is 83.4 cm³/mol. The number of halogens is 1. The zero-order valence-electron chi connectivity index (χ0n) is 11.8. The molecule has 106 valence electrons. The van der Waals surface area contributed by atoms with Crippen molar-refractivity contribution in [3.63, 3.8) is 0 Å². The average molecular weight is 326 g/mol. The third kappa shape index (κ3) is 4.59. The van der Waals surface area contributed by atoms with Crippen molar-refractivity contribution < 1.29 is 5.11 Å². The van der Waals surface area contributed by atoms with Crippen LogP contribution >= 0.6 is 15.9 Å². The Labute approximate surface area is 124 Å². The minimum absolute atomic E-state index is 0.202. The molecule has 1 saturated carbocycles. The fourth-order valence-electron chi connectivity index (χ4n) is 2.72. The molecular formula is C16H24BrNO. The summed E-state index contributed by atoms with van der Waals surface area (Å²) >= 11 is 3.47. The molecule has 0 aromatic heterocycles. The summed E-state index contributed by atoms with van der Waals surface area (Å²) in [5.41, 5.74) is 1.43. The van der Waals surface area contributed by atoms with E-state index in [1.165, 1.54) is 18.4 Å². The minimum atomic E-state index is -0.202. The van der Waals surface area contributed by atoms with Gasteiger partial charge in [-0.1, -0.05) is 41.9 Å². The number of rotatable bonds is 6. The quantitative estimate of drug-likeness (QED) is 0.836. The zero-order valence-corrected chi connectivity index (χ0v) is 13.4. The van der Waals surface area contributed by atoms with E-state index >= 15 is 0 Å². The van der Waals surface area contributed by atoms with E-state index in [2.05, 4.69) is 59.4 Å². The minimum Gasteiger partial charge on any atom is -0.392 e. The topological polar surface area (TPSA) is 32.3 Å². The van der Waals surface area contributed by atoms with Crippen LogP contribution in [0.25, 0.3) is 0 Å². The zero-order chi connectivity index (χ0) is 13.8. The molecule has 0 aliphatic heterocycles. The van der Waals surface area contributed by atoms with Crippen molar-refractivity contribution in [3.05, 3.63) is 34.3 Å². The second kappa shape index (κ2) is 6.87. The normalized spacial score (nSPS) is 24.3. The van der Waals surface area contributed by atoms with Crippen LogP contribution in [0.15, 0.2) is 28.7 Å². The molecule has 0 saturated heterocycles. The summed E-state index contributed by atoms with van der Waals surface area (Å²) in [6.07, 6.45) is 3.06. The van der Waals surface area contributed by atoms with Gasteiger partial charge in [-0.3, -0.25) is 0 Å². The van der Waals surface area contributed by atoms with E-state index in [0.717, 1.165) is 17.4 Å². The van der Waals surface area contributed by atoms with E-state index < -0.39 is 0 Å². The number of benzene rings is 1. The van der Waals surface area contributed by atoms with Crippen LogP contribution in [0.2, 0.25) is 0 Å². The summed E-state index contributed by atoms with van der Waals surface area (Å²) in [5.74, 6) is 1.25. The van der Waals surface area contributed by atoms with Gasteiger partial charge in [0.2, 0.25) is 0 Å². The van der Waals surface area contributed by atoms with Gasteiger partial charge in [0, 0.05) is 17.1 Å². The van der Waals surface area contributed by atoms with Crippen LogP contribution in [0.4, 0.5) is 0 Å². The molecule has 1 aliphatic rings. The van der Waals surface area contributed by atoms with Gasteiger partial charge < -0.3 is 10.4 Å². The van der Waals surface area contributed by atoms with Gasteiger partial charge in [0.05, 0.1) is 6.10 Å². The number of nitrogens with one attached hydrogen (secondary N) is 1. The highest BCUT2D eigenvalue weighted by atomic mass is 79.9. The average Bonchev–Trinajstić information content (AvgIpc) is 2.28. The van der Waals surface area contributed by atoms with E-state index in [0.29, 0.717) is 17.9 Å².